The van der Waals surface area contributed by atoms with Crippen molar-refractivity contribution in [1.82, 2.24) is 4.57 Å². The predicted molar refractivity (Wildman–Crippen MR) is 120 cm³/mol. The van der Waals surface area contributed by atoms with Crippen molar-refractivity contribution in [2.24, 2.45) is 5.92 Å². The quantitative estimate of drug-likeness (QED) is 0.314. The number of fused-ring (bicyclic) bond motifs is 6. The van der Waals surface area contributed by atoms with Crippen molar-refractivity contribution < 1.29 is 5.11 Å². The van der Waals surface area contributed by atoms with Crippen molar-refractivity contribution >= 4 is 27.5 Å². The molecular formula is C26H24N2O. The van der Waals surface area contributed by atoms with Crippen LogP contribution in [0.3, 0.4) is 0 Å². The second kappa shape index (κ2) is 6.15. The maximum Gasteiger partial charge on any atom is 0.138 e. The molecule has 0 bridgehead atoms. The molecule has 2 heterocycles. The molecule has 3 heteroatoms. The van der Waals surface area contributed by atoms with E-state index in [1.54, 1.807) is 6.07 Å². The minimum absolute atomic E-state index is 0.184. The van der Waals surface area contributed by atoms with Crippen LogP contribution >= 0.6 is 0 Å². The first-order valence-electron chi connectivity index (χ1n) is 10.5. The van der Waals surface area contributed by atoms with Crippen LogP contribution in [0.4, 0.5) is 5.69 Å². The van der Waals surface area contributed by atoms with Gasteiger partial charge in [-0.3, -0.25) is 0 Å². The van der Waals surface area contributed by atoms with E-state index in [-0.39, 0.29) is 6.04 Å². The standard InChI is InChI=1S/C26H24N2O/c1-2-28-22-11-4-3-7-18(22)21-15-16(13-14-23(21)28)25-19-9-5-8-17(19)20-10-6-12-24(29)26(20)27-25/h3-8,10-15,17,19,25,27,29H,2,9H2,1H3. The zero-order chi connectivity index (χ0) is 19.5. The van der Waals surface area contributed by atoms with Gasteiger partial charge in [-0.25, -0.2) is 0 Å². The number of para-hydroxylation sites is 2. The number of aryl methyl sites for hydroxylation is 1. The number of benzene rings is 3. The average Bonchev–Trinajstić information content (AvgIpc) is 3.36. The first kappa shape index (κ1) is 16.7. The molecule has 0 radical (unpaired) electrons. The number of nitrogens with one attached hydrogen (secondary N) is 1. The van der Waals surface area contributed by atoms with Gasteiger partial charge >= 0.3 is 0 Å². The van der Waals surface area contributed by atoms with Crippen LogP contribution in [-0.4, -0.2) is 9.67 Å². The molecule has 1 aromatic heterocycles. The van der Waals surface area contributed by atoms with Gasteiger partial charge in [-0.1, -0.05) is 48.6 Å². The molecule has 1 aliphatic carbocycles. The smallest absolute Gasteiger partial charge is 0.138 e. The highest BCUT2D eigenvalue weighted by Crippen LogP contribution is 2.52. The minimum atomic E-state index is 0.184. The van der Waals surface area contributed by atoms with Gasteiger partial charge in [0.2, 0.25) is 0 Å². The summed E-state index contributed by atoms with van der Waals surface area (Å²) in [7, 11) is 0. The second-order valence-electron chi connectivity index (χ2n) is 8.25. The average molecular weight is 380 g/mol. The second-order valence-corrected chi connectivity index (χ2v) is 8.25. The minimum Gasteiger partial charge on any atom is -0.506 e. The Morgan fingerprint density at radius 3 is 2.76 bits per heavy atom. The molecule has 0 fully saturated rings. The first-order chi connectivity index (χ1) is 14.3. The SMILES string of the molecule is CCn1c2ccccc2c2cc(C3Nc4c(O)cccc4C4C=CCC43)ccc21. The van der Waals surface area contributed by atoms with Crippen LogP contribution in [0.5, 0.6) is 5.75 Å². The summed E-state index contributed by atoms with van der Waals surface area (Å²) >= 11 is 0. The molecule has 29 heavy (non-hydrogen) atoms. The summed E-state index contributed by atoms with van der Waals surface area (Å²) in [5.74, 6) is 1.17. The summed E-state index contributed by atoms with van der Waals surface area (Å²) in [6.45, 7) is 3.16. The van der Waals surface area contributed by atoms with Crippen LogP contribution in [-0.2, 0) is 6.54 Å². The highest BCUT2D eigenvalue weighted by Gasteiger charge is 2.38. The van der Waals surface area contributed by atoms with Crippen molar-refractivity contribution in [3.8, 4) is 5.75 Å². The summed E-state index contributed by atoms with van der Waals surface area (Å²) in [6.07, 6.45) is 5.68. The number of anilines is 1. The van der Waals surface area contributed by atoms with E-state index in [1.807, 2.05) is 6.07 Å². The number of hydrogen-bond donors (Lipinski definition) is 2. The largest absolute Gasteiger partial charge is 0.506 e. The van der Waals surface area contributed by atoms with Gasteiger partial charge in [0.25, 0.3) is 0 Å². The van der Waals surface area contributed by atoms with Crippen molar-refractivity contribution in [3.05, 3.63) is 83.9 Å². The molecule has 2 N–H and O–H groups in total. The molecule has 6 rings (SSSR count). The zero-order valence-electron chi connectivity index (χ0n) is 16.5. The van der Waals surface area contributed by atoms with Crippen LogP contribution in [0.2, 0.25) is 0 Å². The lowest BCUT2D eigenvalue weighted by Crippen LogP contribution is -2.29. The number of allylic oxidation sites excluding steroid dienone is 2. The molecular weight excluding hydrogens is 356 g/mol. The lowest BCUT2D eigenvalue weighted by Gasteiger charge is -2.37. The number of aromatic nitrogens is 1. The van der Waals surface area contributed by atoms with Crippen LogP contribution in [0.25, 0.3) is 21.8 Å². The van der Waals surface area contributed by atoms with E-state index in [9.17, 15) is 5.11 Å². The fraction of sp³-hybridized carbons (Fsp3) is 0.231. The van der Waals surface area contributed by atoms with E-state index in [4.69, 9.17) is 0 Å². The zero-order valence-corrected chi connectivity index (χ0v) is 16.5. The Balaban J connectivity index is 1.53. The third-order valence-corrected chi connectivity index (χ3v) is 6.85. The molecule has 3 atom stereocenters. The molecule has 1 aliphatic heterocycles. The fourth-order valence-corrected chi connectivity index (χ4v) is 5.54. The van der Waals surface area contributed by atoms with Gasteiger partial charge in [0.05, 0.1) is 11.7 Å². The van der Waals surface area contributed by atoms with Crippen molar-refractivity contribution in [2.75, 3.05) is 5.32 Å². The van der Waals surface area contributed by atoms with E-state index < -0.39 is 0 Å². The van der Waals surface area contributed by atoms with Gasteiger partial charge in [0.1, 0.15) is 5.75 Å². The Bertz CT molecular complexity index is 1280. The van der Waals surface area contributed by atoms with Crippen LogP contribution < -0.4 is 5.32 Å². The summed E-state index contributed by atoms with van der Waals surface area (Å²) in [5, 5.41) is 16.8. The van der Waals surface area contributed by atoms with E-state index >= 15 is 0 Å². The number of phenolic OH excluding ortho intramolecular Hbond substituents is 1. The highest BCUT2D eigenvalue weighted by molar-refractivity contribution is 6.08. The molecule has 2 aliphatic rings. The molecule has 3 unspecified atom stereocenters. The van der Waals surface area contributed by atoms with E-state index in [0.29, 0.717) is 17.6 Å². The third-order valence-electron chi connectivity index (χ3n) is 6.85. The van der Waals surface area contributed by atoms with E-state index in [2.05, 4.69) is 77.5 Å². The Morgan fingerprint density at radius 1 is 1.00 bits per heavy atom. The summed E-state index contributed by atoms with van der Waals surface area (Å²) in [5.41, 5.74) is 5.98. The van der Waals surface area contributed by atoms with Crippen molar-refractivity contribution in [2.45, 2.75) is 31.8 Å². The Morgan fingerprint density at radius 2 is 1.86 bits per heavy atom. The van der Waals surface area contributed by atoms with Crippen molar-refractivity contribution in [1.29, 1.82) is 0 Å². The maximum atomic E-state index is 10.5. The van der Waals surface area contributed by atoms with Gasteiger partial charge in [-0.05, 0) is 54.7 Å². The lowest BCUT2D eigenvalue weighted by molar-refractivity contribution is 0.415. The monoisotopic (exact) mass is 380 g/mol. The number of hydrogen-bond acceptors (Lipinski definition) is 2. The Kier molecular flexibility index (Phi) is 3.55. The molecule has 0 saturated carbocycles. The first-order valence-corrected chi connectivity index (χ1v) is 10.5. The molecule has 144 valence electrons. The van der Waals surface area contributed by atoms with Crippen molar-refractivity contribution in [3.63, 3.8) is 0 Å². The van der Waals surface area contributed by atoms with E-state index in [0.717, 1.165) is 18.7 Å². The molecule has 4 aromatic rings. The molecule has 3 aromatic carbocycles. The fourth-order valence-electron chi connectivity index (χ4n) is 5.54. The molecule has 0 saturated heterocycles. The normalized spacial score (nSPS) is 22.6. The topological polar surface area (TPSA) is 37.2 Å². The number of phenols is 1. The number of rotatable bonds is 2. The summed E-state index contributed by atoms with van der Waals surface area (Å²) in [4.78, 5) is 0. The Hall–Kier alpha value is -3.20. The van der Waals surface area contributed by atoms with E-state index in [1.165, 1.54) is 32.9 Å². The summed E-state index contributed by atoms with van der Waals surface area (Å²) in [6, 6.07) is 21.6. The molecule has 0 amide bonds. The Labute approximate surface area is 170 Å². The van der Waals surface area contributed by atoms with Crippen LogP contribution in [0.1, 0.15) is 36.4 Å². The van der Waals surface area contributed by atoms with Gasteiger partial charge < -0.3 is 15.0 Å². The van der Waals surface area contributed by atoms with Gasteiger partial charge in [-0.15, -0.1) is 0 Å². The number of aromatic hydroxyl groups is 1. The lowest BCUT2D eigenvalue weighted by atomic mass is 9.76. The van der Waals surface area contributed by atoms with Gasteiger partial charge in [0.15, 0.2) is 0 Å². The van der Waals surface area contributed by atoms with Gasteiger partial charge in [0, 0.05) is 34.3 Å². The molecule has 3 nitrogen and oxygen atoms in total. The highest BCUT2D eigenvalue weighted by atomic mass is 16.3. The maximum absolute atomic E-state index is 10.5. The number of nitrogens with zero attached hydrogens (tertiary/aromatic N) is 1. The summed E-state index contributed by atoms with van der Waals surface area (Å²) < 4.78 is 2.39. The predicted octanol–water partition coefficient (Wildman–Crippen LogP) is 6.35. The third kappa shape index (κ3) is 2.30. The van der Waals surface area contributed by atoms with Crippen LogP contribution in [0, 0.1) is 5.92 Å². The molecule has 0 spiro atoms. The van der Waals surface area contributed by atoms with Crippen LogP contribution in [0.15, 0.2) is 72.8 Å². The van der Waals surface area contributed by atoms with Gasteiger partial charge in [-0.2, -0.15) is 0 Å².